The topological polar surface area (TPSA) is 83.8 Å². The molecule has 2 rings (SSSR count). The summed E-state index contributed by atoms with van der Waals surface area (Å²) in [4.78, 5) is 11.8. The molecular weight excluding hydrogens is 264 g/mol. The van der Waals surface area contributed by atoms with Gasteiger partial charge in [-0.05, 0) is 36.5 Å². The van der Waals surface area contributed by atoms with Crippen molar-refractivity contribution in [1.29, 1.82) is 0 Å². The quantitative estimate of drug-likeness (QED) is 0.674. The first-order valence-corrected chi connectivity index (χ1v) is 7.22. The van der Waals surface area contributed by atoms with Crippen LogP contribution in [0.4, 0.5) is 0 Å². The van der Waals surface area contributed by atoms with Gasteiger partial charge in [-0.1, -0.05) is 24.3 Å². The molecule has 4 N–H and O–H groups in total. The average Bonchev–Trinajstić information content (AvgIpc) is 2.90. The van der Waals surface area contributed by atoms with Crippen molar-refractivity contribution in [3.05, 3.63) is 52.8 Å². The lowest BCUT2D eigenvalue weighted by Gasteiger charge is -2.06. The van der Waals surface area contributed by atoms with Gasteiger partial charge in [-0.2, -0.15) is 5.10 Å². The number of nitrogens with two attached hydrogens (primary N) is 1. The van der Waals surface area contributed by atoms with Crippen molar-refractivity contribution < 1.29 is 4.79 Å². The van der Waals surface area contributed by atoms with Crippen LogP contribution in [0, 0.1) is 6.92 Å². The molecule has 0 unspecified atom stereocenters. The van der Waals surface area contributed by atoms with Crippen molar-refractivity contribution in [3.63, 3.8) is 0 Å². The lowest BCUT2D eigenvalue weighted by molar-refractivity contribution is -0.120. The van der Waals surface area contributed by atoms with E-state index in [1.165, 1.54) is 5.56 Å². The number of hydrogen-bond donors (Lipinski definition) is 3. The Bertz CT molecular complexity index is 574. The molecule has 0 radical (unpaired) electrons. The minimum atomic E-state index is 0.0550. The summed E-state index contributed by atoms with van der Waals surface area (Å²) < 4.78 is 0. The van der Waals surface area contributed by atoms with Gasteiger partial charge in [0.2, 0.25) is 5.91 Å². The first kappa shape index (κ1) is 15.3. The summed E-state index contributed by atoms with van der Waals surface area (Å²) in [6, 6.07) is 7.84. The van der Waals surface area contributed by atoms with Crippen molar-refractivity contribution in [2.45, 2.75) is 32.7 Å². The molecule has 21 heavy (non-hydrogen) atoms. The fourth-order valence-corrected chi connectivity index (χ4v) is 2.18. The molecule has 1 aromatic carbocycles. The normalized spacial score (nSPS) is 10.6. The fraction of sp³-hybridized carbons (Fsp3) is 0.375. The van der Waals surface area contributed by atoms with Gasteiger partial charge in [-0.3, -0.25) is 9.89 Å². The Morgan fingerprint density at radius 1 is 1.29 bits per heavy atom. The molecule has 0 aliphatic rings. The lowest BCUT2D eigenvalue weighted by Crippen LogP contribution is -2.26. The SMILES string of the molecule is Cc1[nH]ncc1CCCNC(=O)Cc1ccc(CN)cc1. The summed E-state index contributed by atoms with van der Waals surface area (Å²) in [5.41, 5.74) is 9.94. The van der Waals surface area contributed by atoms with Crippen LogP contribution in [0.1, 0.15) is 28.8 Å². The van der Waals surface area contributed by atoms with Crippen LogP contribution >= 0.6 is 0 Å². The second-order valence-corrected chi connectivity index (χ2v) is 5.17. The van der Waals surface area contributed by atoms with E-state index in [0.29, 0.717) is 19.5 Å². The van der Waals surface area contributed by atoms with Crippen LogP contribution in [-0.2, 0) is 24.2 Å². The zero-order valence-corrected chi connectivity index (χ0v) is 12.4. The average molecular weight is 286 g/mol. The van der Waals surface area contributed by atoms with Crippen LogP contribution < -0.4 is 11.1 Å². The number of hydrogen-bond acceptors (Lipinski definition) is 3. The highest BCUT2D eigenvalue weighted by Gasteiger charge is 2.04. The van der Waals surface area contributed by atoms with Gasteiger partial charge in [0.1, 0.15) is 0 Å². The van der Waals surface area contributed by atoms with E-state index < -0.39 is 0 Å². The predicted molar refractivity (Wildman–Crippen MR) is 82.7 cm³/mol. The van der Waals surface area contributed by atoms with Gasteiger partial charge >= 0.3 is 0 Å². The smallest absolute Gasteiger partial charge is 0.224 e. The van der Waals surface area contributed by atoms with E-state index in [-0.39, 0.29) is 5.91 Å². The van der Waals surface area contributed by atoms with Crippen LogP contribution in [0.25, 0.3) is 0 Å². The molecule has 0 atom stereocenters. The maximum absolute atomic E-state index is 11.8. The number of amides is 1. The largest absolute Gasteiger partial charge is 0.356 e. The lowest BCUT2D eigenvalue weighted by atomic mass is 10.1. The molecule has 0 saturated heterocycles. The molecule has 0 fully saturated rings. The van der Waals surface area contributed by atoms with Crippen molar-refractivity contribution >= 4 is 5.91 Å². The molecule has 112 valence electrons. The minimum Gasteiger partial charge on any atom is -0.356 e. The summed E-state index contributed by atoms with van der Waals surface area (Å²) in [6.45, 7) is 3.22. The molecule has 0 saturated carbocycles. The molecule has 0 bridgehead atoms. The Morgan fingerprint density at radius 3 is 2.62 bits per heavy atom. The van der Waals surface area contributed by atoms with Gasteiger partial charge in [0, 0.05) is 18.8 Å². The number of aromatic amines is 1. The molecular formula is C16H22N4O. The zero-order chi connectivity index (χ0) is 15.1. The summed E-state index contributed by atoms with van der Waals surface area (Å²) in [7, 11) is 0. The maximum Gasteiger partial charge on any atom is 0.224 e. The van der Waals surface area contributed by atoms with Crippen LogP contribution in [-0.4, -0.2) is 22.6 Å². The van der Waals surface area contributed by atoms with E-state index in [9.17, 15) is 4.79 Å². The fourth-order valence-electron chi connectivity index (χ4n) is 2.18. The Kier molecular flexibility index (Phi) is 5.51. The molecule has 5 heteroatoms. The number of nitrogens with zero attached hydrogens (tertiary/aromatic N) is 1. The molecule has 1 amide bonds. The summed E-state index contributed by atoms with van der Waals surface area (Å²) >= 11 is 0. The van der Waals surface area contributed by atoms with Crippen molar-refractivity contribution in [2.24, 2.45) is 5.73 Å². The minimum absolute atomic E-state index is 0.0550. The number of aromatic nitrogens is 2. The summed E-state index contributed by atoms with van der Waals surface area (Å²) in [6.07, 6.45) is 4.10. The van der Waals surface area contributed by atoms with Crippen LogP contribution in [0.15, 0.2) is 30.5 Å². The third kappa shape index (κ3) is 4.72. The Morgan fingerprint density at radius 2 is 2.00 bits per heavy atom. The van der Waals surface area contributed by atoms with E-state index in [0.717, 1.165) is 29.7 Å². The van der Waals surface area contributed by atoms with Gasteiger partial charge < -0.3 is 11.1 Å². The van der Waals surface area contributed by atoms with Gasteiger partial charge in [-0.25, -0.2) is 0 Å². The molecule has 2 aromatic rings. The number of nitrogens with one attached hydrogen (secondary N) is 2. The highest BCUT2D eigenvalue weighted by atomic mass is 16.1. The number of aryl methyl sites for hydroxylation is 2. The molecule has 5 nitrogen and oxygen atoms in total. The van der Waals surface area contributed by atoms with Crippen LogP contribution in [0.3, 0.4) is 0 Å². The van der Waals surface area contributed by atoms with Crippen molar-refractivity contribution in [2.75, 3.05) is 6.54 Å². The third-order valence-electron chi connectivity index (χ3n) is 3.50. The number of carbonyl (C=O) groups is 1. The number of H-pyrrole nitrogens is 1. The highest BCUT2D eigenvalue weighted by molar-refractivity contribution is 5.78. The van der Waals surface area contributed by atoms with E-state index >= 15 is 0 Å². The summed E-state index contributed by atoms with van der Waals surface area (Å²) in [5.74, 6) is 0.0550. The van der Waals surface area contributed by atoms with E-state index in [2.05, 4.69) is 15.5 Å². The van der Waals surface area contributed by atoms with E-state index in [4.69, 9.17) is 5.73 Å². The van der Waals surface area contributed by atoms with Gasteiger partial charge in [0.05, 0.1) is 12.6 Å². The first-order valence-electron chi connectivity index (χ1n) is 7.22. The molecule has 1 aromatic heterocycles. The first-order chi connectivity index (χ1) is 10.2. The Balaban J connectivity index is 1.68. The second-order valence-electron chi connectivity index (χ2n) is 5.17. The molecule has 1 heterocycles. The molecule has 0 aliphatic heterocycles. The Hall–Kier alpha value is -2.14. The second kappa shape index (κ2) is 7.59. The molecule has 0 aliphatic carbocycles. The standard InChI is InChI=1S/C16H22N4O/c1-12-15(11-19-20-12)3-2-8-18-16(21)9-13-4-6-14(10-17)7-5-13/h4-7,11H,2-3,8-10,17H2,1H3,(H,18,21)(H,19,20). The van der Waals surface area contributed by atoms with E-state index in [1.54, 1.807) is 0 Å². The van der Waals surface area contributed by atoms with Crippen molar-refractivity contribution in [1.82, 2.24) is 15.5 Å². The van der Waals surface area contributed by atoms with Crippen LogP contribution in [0.5, 0.6) is 0 Å². The predicted octanol–water partition coefficient (Wildman–Crippen LogP) is 1.47. The Labute approximate surface area is 124 Å². The van der Waals surface area contributed by atoms with E-state index in [1.807, 2.05) is 37.4 Å². The molecule has 0 spiro atoms. The highest BCUT2D eigenvalue weighted by Crippen LogP contribution is 2.06. The maximum atomic E-state index is 11.8. The monoisotopic (exact) mass is 286 g/mol. The van der Waals surface area contributed by atoms with Crippen LogP contribution in [0.2, 0.25) is 0 Å². The number of rotatable bonds is 7. The number of benzene rings is 1. The van der Waals surface area contributed by atoms with Crippen molar-refractivity contribution in [3.8, 4) is 0 Å². The van der Waals surface area contributed by atoms with Gasteiger partial charge in [-0.15, -0.1) is 0 Å². The van der Waals surface area contributed by atoms with Gasteiger partial charge in [0.25, 0.3) is 0 Å². The summed E-state index contributed by atoms with van der Waals surface area (Å²) in [5, 5.41) is 9.85. The van der Waals surface area contributed by atoms with Gasteiger partial charge in [0.15, 0.2) is 0 Å². The third-order valence-corrected chi connectivity index (χ3v) is 3.50. The zero-order valence-electron chi connectivity index (χ0n) is 12.4. The number of carbonyl (C=O) groups excluding carboxylic acids is 1.